The summed E-state index contributed by atoms with van der Waals surface area (Å²) in [6, 6.07) is -1.15. The molecule has 0 aromatic carbocycles. The Balaban J connectivity index is 2.45. The first-order chi connectivity index (χ1) is 8.65. The van der Waals surface area contributed by atoms with Crippen molar-refractivity contribution >= 4 is 12.0 Å². The zero-order valence-corrected chi connectivity index (χ0v) is 10.9. The summed E-state index contributed by atoms with van der Waals surface area (Å²) < 4.78 is 4.84. The number of ether oxygens (including phenoxy) is 1. The second-order valence-electron chi connectivity index (χ2n) is 4.52. The molecule has 1 atom stereocenters. The van der Waals surface area contributed by atoms with Gasteiger partial charge in [-0.25, -0.2) is 9.59 Å². The average Bonchev–Trinajstić information content (AvgIpc) is 2.62. The smallest absolute Gasteiger partial charge is 0.326 e. The number of methoxy groups -OCH3 is 1. The minimum atomic E-state index is -1.02. The third-order valence-electron chi connectivity index (χ3n) is 3.10. The van der Waals surface area contributed by atoms with Gasteiger partial charge in [0, 0.05) is 33.2 Å². The lowest BCUT2D eigenvalue weighted by molar-refractivity contribution is -0.139. The second kappa shape index (κ2) is 7.92. The molecule has 1 fully saturated rings. The molecule has 6 nitrogen and oxygen atoms in total. The maximum Gasteiger partial charge on any atom is 0.326 e. The molecular formula is C12H22N2O4. The third kappa shape index (κ3) is 4.91. The molecule has 2 N–H and O–H groups in total. The van der Waals surface area contributed by atoms with Crippen molar-refractivity contribution in [3.05, 3.63) is 0 Å². The van der Waals surface area contributed by atoms with Gasteiger partial charge < -0.3 is 20.1 Å². The maximum atomic E-state index is 11.9. The molecule has 0 aliphatic carbocycles. The van der Waals surface area contributed by atoms with Crippen LogP contribution in [0.5, 0.6) is 0 Å². The number of hydrogen-bond donors (Lipinski definition) is 2. The number of likely N-dealkylation sites (tertiary alicyclic amines) is 1. The molecule has 1 aliphatic rings. The summed E-state index contributed by atoms with van der Waals surface area (Å²) in [6.45, 7) is 1.74. The van der Waals surface area contributed by atoms with Crippen LogP contribution >= 0.6 is 0 Å². The van der Waals surface area contributed by atoms with E-state index < -0.39 is 12.0 Å². The Kier molecular flexibility index (Phi) is 6.49. The van der Waals surface area contributed by atoms with E-state index in [0.29, 0.717) is 19.7 Å². The van der Waals surface area contributed by atoms with Crippen LogP contribution in [0.4, 0.5) is 4.79 Å². The molecule has 1 heterocycles. The fraction of sp³-hybridized carbons (Fsp3) is 0.833. The highest BCUT2D eigenvalue weighted by Crippen LogP contribution is 2.10. The summed E-state index contributed by atoms with van der Waals surface area (Å²) >= 11 is 0. The maximum absolute atomic E-state index is 11.9. The Labute approximate surface area is 107 Å². The first kappa shape index (κ1) is 14.8. The van der Waals surface area contributed by atoms with Crippen LogP contribution in [0.15, 0.2) is 0 Å². The van der Waals surface area contributed by atoms with Gasteiger partial charge in [0.2, 0.25) is 0 Å². The van der Waals surface area contributed by atoms with E-state index in [1.54, 1.807) is 4.90 Å². The molecule has 0 radical (unpaired) electrons. The number of hydrogen-bond acceptors (Lipinski definition) is 3. The lowest BCUT2D eigenvalue weighted by Gasteiger charge is -2.23. The Morgan fingerprint density at radius 3 is 2.39 bits per heavy atom. The molecule has 104 valence electrons. The van der Waals surface area contributed by atoms with Gasteiger partial charge in [-0.2, -0.15) is 0 Å². The van der Waals surface area contributed by atoms with E-state index in [4.69, 9.17) is 9.84 Å². The molecule has 1 aliphatic heterocycles. The van der Waals surface area contributed by atoms with E-state index in [0.717, 1.165) is 25.7 Å². The van der Waals surface area contributed by atoms with E-state index in [2.05, 4.69) is 5.32 Å². The van der Waals surface area contributed by atoms with Crippen molar-refractivity contribution in [2.24, 2.45) is 0 Å². The largest absolute Gasteiger partial charge is 0.480 e. The molecule has 0 spiro atoms. The van der Waals surface area contributed by atoms with Crippen LogP contribution < -0.4 is 5.32 Å². The van der Waals surface area contributed by atoms with Crippen molar-refractivity contribution in [2.75, 3.05) is 26.8 Å². The summed E-state index contributed by atoms with van der Waals surface area (Å²) in [4.78, 5) is 24.6. The molecule has 0 saturated carbocycles. The Morgan fingerprint density at radius 2 is 1.89 bits per heavy atom. The van der Waals surface area contributed by atoms with Crippen molar-refractivity contribution in [3.8, 4) is 0 Å². The minimum absolute atomic E-state index is 0.277. The monoisotopic (exact) mass is 258 g/mol. The molecule has 2 amide bonds. The molecular weight excluding hydrogens is 236 g/mol. The van der Waals surface area contributed by atoms with Crippen LogP contribution in [0.3, 0.4) is 0 Å². The number of urea groups is 1. The Bertz CT molecular complexity index is 275. The number of carbonyl (C=O) groups is 2. The molecule has 1 unspecified atom stereocenters. The fourth-order valence-electron chi connectivity index (χ4n) is 2.01. The van der Waals surface area contributed by atoms with Gasteiger partial charge >= 0.3 is 12.0 Å². The number of nitrogens with zero attached hydrogens (tertiary/aromatic N) is 1. The fourth-order valence-corrected chi connectivity index (χ4v) is 2.01. The van der Waals surface area contributed by atoms with Crippen LogP contribution in [0.2, 0.25) is 0 Å². The highest BCUT2D eigenvalue weighted by molar-refractivity contribution is 5.82. The molecule has 0 aromatic heterocycles. The highest BCUT2D eigenvalue weighted by atomic mass is 16.5. The minimum Gasteiger partial charge on any atom is -0.480 e. The number of carbonyl (C=O) groups excluding carboxylic acids is 1. The first-order valence-corrected chi connectivity index (χ1v) is 6.42. The van der Waals surface area contributed by atoms with E-state index in [9.17, 15) is 9.59 Å². The van der Waals surface area contributed by atoms with E-state index in [-0.39, 0.29) is 12.5 Å². The zero-order valence-electron chi connectivity index (χ0n) is 10.9. The van der Waals surface area contributed by atoms with Crippen molar-refractivity contribution in [1.82, 2.24) is 10.2 Å². The van der Waals surface area contributed by atoms with Crippen LogP contribution in [-0.2, 0) is 9.53 Å². The number of carboxylic acids is 1. The molecule has 6 heteroatoms. The van der Waals surface area contributed by atoms with Gasteiger partial charge in [0.05, 0.1) is 0 Å². The molecule has 1 rings (SSSR count). The Hall–Kier alpha value is -1.30. The van der Waals surface area contributed by atoms with Crippen LogP contribution in [0.25, 0.3) is 0 Å². The van der Waals surface area contributed by atoms with E-state index in [1.807, 2.05) is 0 Å². The van der Waals surface area contributed by atoms with E-state index >= 15 is 0 Å². The zero-order chi connectivity index (χ0) is 13.4. The van der Waals surface area contributed by atoms with Crippen molar-refractivity contribution in [2.45, 2.75) is 38.1 Å². The van der Waals surface area contributed by atoms with Crippen LogP contribution in [0.1, 0.15) is 32.1 Å². The predicted molar refractivity (Wildman–Crippen MR) is 66.5 cm³/mol. The van der Waals surface area contributed by atoms with Gasteiger partial charge in [0.15, 0.2) is 0 Å². The summed E-state index contributed by atoms with van der Waals surface area (Å²) in [6.07, 6.45) is 4.53. The predicted octanol–water partition coefficient (Wildman–Crippen LogP) is 1.06. The second-order valence-corrected chi connectivity index (χ2v) is 4.52. The topological polar surface area (TPSA) is 78.9 Å². The number of rotatable bonds is 5. The summed E-state index contributed by atoms with van der Waals surface area (Å²) in [7, 11) is 1.51. The summed E-state index contributed by atoms with van der Waals surface area (Å²) in [5.41, 5.74) is 0. The quantitative estimate of drug-likeness (QED) is 0.773. The van der Waals surface area contributed by atoms with Gasteiger partial charge in [-0.15, -0.1) is 0 Å². The number of amides is 2. The molecule has 0 aromatic rings. The highest BCUT2D eigenvalue weighted by Gasteiger charge is 2.23. The lowest BCUT2D eigenvalue weighted by atomic mass is 10.2. The standard InChI is InChI=1S/C12H22N2O4/c1-18-9-6-10(11(15)16)13-12(17)14-7-4-2-3-5-8-14/h10H,2-9H2,1H3,(H,13,17)(H,15,16). The number of carboxylic acid groups (broad SMARTS) is 1. The van der Waals surface area contributed by atoms with Crippen molar-refractivity contribution < 1.29 is 19.4 Å². The normalized spacial score (nSPS) is 17.9. The average molecular weight is 258 g/mol. The number of aliphatic carboxylic acids is 1. The van der Waals surface area contributed by atoms with Gasteiger partial charge in [-0.05, 0) is 12.8 Å². The first-order valence-electron chi connectivity index (χ1n) is 6.42. The SMILES string of the molecule is COCCC(NC(=O)N1CCCCCC1)C(=O)O. The van der Waals surface area contributed by atoms with Crippen molar-refractivity contribution in [3.63, 3.8) is 0 Å². The molecule has 0 bridgehead atoms. The van der Waals surface area contributed by atoms with Crippen LogP contribution in [0, 0.1) is 0 Å². The van der Waals surface area contributed by atoms with Gasteiger partial charge in [-0.1, -0.05) is 12.8 Å². The van der Waals surface area contributed by atoms with Gasteiger partial charge in [-0.3, -0.25) is 0 Å². The molecule has 1 saturated heterocycles. The van der Waals surface area contributed by atoms with Crippen LogP contribution in [-0.4, -0.2) is 54.9 Å². The number of nitrogens with one attached hydrogen (secondary N) is 1. The van der Waals surface area contributed by atoms with Gasteiger partial charge in [0.1, 0.15) is 6.04 Å². The third-order valence-corrected chi connectivity index (χ3v) is 3.10. The van der Waals surface area contributed by atoms with Crippen molar-refractivity contribution in [1.29, 1.82) is 0 Å². The van der Waals surface area contributed by atoms with E-state index in [1.165, 1.54) is 7.11 Å². The van der Waals surface area contributed by atoms with Gasteiger partial charge in [0.25, 0.3) is 0 Å². The summed E-state index contributed by atoms with van der Waals surface area (Å²) in [5, 5.41) is 11.6. The lowest BCUT2D eigenvalue weighted by Crippen LogP contribution is -2.48. The Morgan fingerprint density at radius 1 is 1.28 bits per heavy atom. The summed E-state index contributed by atoms with van der Waals surface area (Å²) in [5.74, 6) is -1.02. The molecule has 18 heavy (non-hydrogen) atoms.